The van der Waals surface area contributed by atoms with Gasteiger partial charge < -0.3 is 4.90 Å². The van der Waals surface area contributed by atoms with Crippen LogP contribution in [0, 0.1) is 0 Å². The minimum absolute atomic E-state index is 0.190. The molecule has 10 heteroatoms. The van der Waals surface area contributed by atoms with Gasteiger partial charge in [-0.2, -0.15) is 18.3 Å². The zero-order valence-corrected chi connectivity index (χ0v) is 13.0. The molecular formula is C14H16F3N7. The maximum Gasteiger partial charge on any atom is 0.435 e. The molecular weight excluding hydrogens is 323 g/mol. The Morgan fingerprint density at radius 3 is 2.42 bits per heavy atom. The van der Waals surface area contributed by atoms with Gasteiger partial charge in [0.05, 0.1) is 0 Å². The van der Waals surface area contributed by atoms with Crippen LogP contribution >= 0.6 is 0 Å². The summed E-state index contributed by atoms with van der Waals surface area (Å²) in [4.78, 5) is 10.1. The third-order valence-electron chi connectivity index (χ3n) is 3.50. The van der Waals surface area contributed by atoms with E-state index >= 15 is 0 Å². The van der Waals surface area contributed by atoms with Crippen LogP contribution in [-0.2, 0) is 13.2 Å². The zero-order valence-electron chi connectivity index (χ0n) is 13.0. The van der Waals surface area contributed by atoms with Gasteiger partial charge in [0.15, 0.2) is 11.3 Å². The van der Waals surface area contributed by atoms with Crippen LogP contribution in [0.25, 0.3) is 5.65 Å². The lowest BCUT2D eigenvalue weighted by Crippen LogP contribution is -2.19. The maximum absolute atomic E-state index is 12.1. The Bertz CT molecular complexity index is 769. The minimum Gasteiger partial charge on any atom is -0.340 e. The Morgan fingerprint density at radius 1 is 1.08 bits per heavy atom. The Morgan fingerprint density at radius 2 is 1.83 bits per heavy atom. The fourth-order valence-corrected chi connectivity index (χ4v) is 2.36. The van der Waals surface area contributed by atoms with Gasteiger partial charge in [-0.1, -0.05) is 0 Å². The first-order chi connectivity index (χ1) is 11.4. The number of hydrogen-bond acceptors (Lipinski definition) is 5. The summed E-state index contributed by atoms with van der Waals surface area (Å²) in [6, 6.07) is 2.42. The molecule has 0 saturated carbocycles. The summed E-state index contributed by atoms with van der Waals surface area (Å²) in [5.74, 6) is 0.880. The van der Waals surface area contributed by atoms with E-state index in [-0.39, 0.29) is 5.65 Å². The fraction of sp³-hybridized carbons (Fsp3) is 0.429. The van der Waals surface area contributed by atoms with Crippen LogP contribution in [0.15, 0.2) is 30.9 Å². The number of fused-ring (bicyclic) bond motifs is 1. The molecule has 128 valence electrons. The maximum atomic E-state index is 12.1. The molecule has 1 aliphatic rings. The normalized spacial score (nSPS) is 14.8. The second kappa shape index (κ2) is 6.46. The molecule has 3 aromatic rings. The number of aromatic nitrogens is 6. The number of anilines is 1. The smallest absolute Gasteiger partial charge is 0.340 e. The summed E-state index contributed by atoms with van der Waals surface area (Å²) in [5.41, 5.74) is -0.735. The SMILES string of the molecule is Cn1cnc(N2CCCC2)n1.FC(F)(F)c1cc2ncccn2n1. The number of nitrogens with zero attached hydrogens (tertiary/aromatic N) is 7. The Labute approximate surface area is 135 Å². The van der Waals surface area contributed by atoms with E-state index in [2.05, 4.69) is 25.1 Å². The van der Waals surface area contributed by atoms with Crippen molar-refractivity contribution in [3.63, 3.8) is 0 Å². The number of rotatable bonds is 1. The van der Waals surface area contributed by atoms with E-state index in [4.69, 9.17) is 0 Å². The lowest BCUT2D eigenvalue weighted by molar-refractivity contribution is -0.141. The second-order valence-corrected chi connectivity index (χ2v) is 5.36. The molecule has 0 N–H and O–H groups in total. The quantitative estimate of drug-likeness (QED) is 0.680. The van der Waals surface area contributed by atoms with Crippen molar-refractivity contribution in [2.75, 3.05) is 18.0 Å². The molecule has 0 amide bonds. The molecule has 0 bridgehead atoms. The van der Waals surface area contributed by atoms with Crippen LogP contribution in [0.2, 0.25) is 0 Å². The molecule has 3 aromatic heterocycles. The number of halogens is 3. The summed E-state index contributed by atoms with van der Waals surface area (Å²) in [7, 11) is 1.90. The average molecular weight is 339 g/mol. The van der Waals surface area contributed by atoms with E-state index in [1.54, 1.807) is 11.0 Å². The van der Waals surface area contributed by atoms with Gasteiger partial charge in [-0.3, -0.25) is 4.68 Å². The van der Waals surface area contributed by atoms with Crippen molar-refractivity contribution in [3.8, 4) is 0 Å². The van der Waals surface area contributed by atoms with Crippen molar-refractivity contribution < 1.29 is 13.2 Å². The first-order valence-corrected chi connectivity index (χ1v) is 7.42. The summed E-state index contributed by atoms with van der Waals surface area (Å²) in [5, 5.41) is 7.54. The molecule has 1 aliphatic heterocycles. The van der Waals surface area contributed by atoms with Gasteiger partial charge in [0.1, 0.15) is 6.33 Å². The van der Waals surface area contributed by atoms with E-state index < -0.39 is 11.9 Å². The molecule has 1 saturated heterocycles. The highest BCUT2D eigenvalue weighted by atomic mass is 19.4. The molecule has 1 fully saturated rings. The van der Waals surface area contributed by atoms with Crippen LogP contribution < -0.4 is 4.90 Å². The lowest BCUT2D eigenvalue weighted by Gasteiger charge is -2.10. The van der Waals surface area contributed by atoms with E-state index in [1.165, 1.54) is 31.3 Å². The lowest BCUT2D eigenvalue weighted by atomic mass is 10.4. The summed E-state index contributed by atoms with van der Waals surface area (Å²) in [6.07, 6.45) is 2.71. The largest absolute Gasteiger partial charge is 0.435 e. The number of hydrogen-bond donors (Lipinski definition) is 0. The summed E-state index contributed by atoms with van der Waals surface area (Å²) >= 11 is 0. The van der Waals surface area contributed by atoms with Crippen LogP contribution in [0.4, 0.5) is 19.1 Å². The van der Waals surface area contributed by atoms with E-state index in [0.29, 0.717) is 0 Å². The van der Waals surface area contributed by atoms with Crippen LogP contribution in [0.5, 0.6) is 0 Å². The first-order valence-electron chi connectivity index (χ1n) is 7.42. The first kappa shape index (κ1) is 16.2. The van der Waals surface area contributed by atoms with Crippen molar-refractivity contribution in [3.05, 3.63) is 36.5 Å². The molecule has 0 radical (unpaired) electrons. The fourth-order valence-electron chi connectivity index (χ4n) is 2.36. The third-order valence-corrected chi connectivity index (χ3v) is 3.50. The van der Waals surface area contributed by atoms with Crippen LogP contribution in [0.1, 0.15) is 18.5 Å². The van der Waals surface area contributed by atoms with Gasteiger partial charge >= 0.3 is 6.18 Å². The highest BCUT2D eigenvalue weighted by Crippen LogP contribution is 2.28. The highest BCUT2D eigenvalue weighted by molar-refractivity contribution is 5.38. The van der Waals surface area contributed by atoms with Crippen molar-refractivity contribution in [1.82, 2.24) is 29.4 Å². The van der Waals surface area contributed by atoms with Gasteiger partial charge in [-0.05, 0) is 18.9 Å². The van der Waals surface area contributed by atoms with Gasteiger partial charge in [-0.15, -0.1) is 5.10 Å². The molecule has 0 aromatic carbocycles. The zero-order chi connectivity index (χ0) is 17.2. The van der Waals surface area contributed by atoms with Crippen LogP contribution in [-0.4, -0.2) is 42.5 Å². The average Bonchev–Trinajstić information content (AvgIpc) is 3.26. The predicted molar refractivity (Wildman–Crippen MR) is 80.4 cm³/mol. The van der Waals surface area contributed by atoms with Crippen molar-refractivity contribution >= 4 is 11.6 Å². The third kappa shape index (κ3) is 3.63. The van der Waals surface area contributed by atoms with Crippen molar-refractivity contribution in [1.29, 1.82) is 0 Å². The molecule has 0 atom stereocenters. The molecule has 4 rings (SSSR count). The van der Waals surface area contributed by atoms with Crippen molar-refractivity contribution in [2.45, 2.75) is 19.0 Å². The summed E-state index contributed by atoms with van der Waals surface area (Å²) < 4.78 is 39.2. The van der Waals surface area contributed by atoms with Crippen LogP contribution in [0.3, 0.4) is 0 Å². The topological polar surface area (TPSA) is 64.1 Å². The number of alkyl halides is 3. The molecule has 7 nitrogen and oxygen atoms in total. The minimum atomic E-state index is -4.41. The van der Waals surface area contributed by atoms with Gasteiger partial charge in [0.2, 0.25) is 5.95 Å². The molecule has 0 aliphatic carbocycles. The molecule has 0 spiro atoms. The van der Waals surface area contributed by atoms with E-state index in [1.807, 2.05) is 7.05 Å². The van der Waals surface area contributed by atoms with Gasteiger partial charge in [-0.25, -0.2) is 14.5 Å². The van der Waals surface area contributed by atoms with Gasteiger partial charge in [0.25, 0.3) is 0 Å². The van der Waals surface area contributed by atoms with Gasteiger partial charge in [0, 0.05) is 38.6 Å². The second-order valence-electron chi connectivity index (χ2n) is 5.36. The molecule has 4 heterocycles. The monoisotopic (exact) mass is 339 g/mol. The molecule has 24 heavy (non-hydrogen) atoms. The Hall–Kier alpha value is -2.65. The van der Waals surface area contributed by atoms with E-state index in [0.717, 1.165) is 29.6 Å². The van der Waals surface area contributed by atoms with E-state index in [9.17, 15) is 13.2 Å². The Kier molecular flexibility index (Phi) is 4.36. The predicted octanol–water partition coefficient (Wildman–Crippen LogP) is 2.16. The highest BCUT2D eigenvalue weighted by Gasteiger charge is 2.34. The standard InChI is InChI=1S/C7H4F3N3.C7H12N4/c8-7(9,10)5-4-6-11-2-1-3-13(6)12-5;1-10-6-8-7(9-10)11-4-2-3-5-11/h1-4H;6H,2-5H2,1H3. The summed E-state index contributed by atoms with van der Waals surface area (Å²) in [6.45, 7) is 2.23. The number of aryl methyl sites for hydroxylation is 1. The Balaban J connectivity index is 0.000000143. The molecule has 0 unspecified atom stereocenters. The van der Waals surface area contributed by atoms with Crippen molar-refractivity contribution in [2.24, 2.45) is 7.05 Å².